The maximum absolute atomic E-state index is 4.47. The third kappa shape index (κ3) is 5.46. The number of nitrogens with zero attached hydrogens (tertiary/aromatic N) is 6. The SMILES string of the molecule is CN=C(NCc1ccc(N(C)C)cc1C)N1CCN(c2ncccn2)CC1.I. The molecule has 1 aromatic carbocycles. The molecule has 7 nitrogen and oxygen atoms in total. The van der Waals surface area contributed by atoms with Crippen molar-refractivity contribution in [3.8, 4) is 0 Å². The van der Waals surface area contributed by atoms with Crippen LogP contribution in [-0.4, -0.2) is 68.1 Å². The Morgan fingerprint density at radius 2 is 1.82 bits per heavy atom. The highest BCUT2D eigenvalue weighted by Crippen LogP contribution is 2.17. The summed E-state index contributed by atoms with van der Waals surface area (Å²) in [5, 5.41) is 3.51. The average molecular weight is 495 g/mol. The molecule has 1 aliphatic heterocycles. The Kier molecular flexibility index (Phi) is 8.28. The van der Waals surface area contributed by atoms with E-state index in [0.717, 1.165) is 44.6 Å². The summed E-state index contributed by atoms with van der Waals surface area (Å²) < 4.78 is 0. The fourth-order valence-electron chi connectivity index (χ4n) is 3.24. The highest BCUT2D eigenvalue weighted by Gasteiger charge is 2.21. The van der Waals surface area contributed by atoms with Crippen LogP contribution < -0.4 is 15.1 Å². The van der Waals surface area contributed by atoms with Crippen molar-refractivity contribution in [3.63, 3.8) is 0 Å². The monoisotopic (exact) mass is 495 g/mol. The van der Waals surface area contributed by atoms with E-state index in [2.05, 4.69) is 74.2 Å². The van der Waals surface area contributed by atoms with Gasteiger partial charge < -0.3 is 20.0 Å². The van der Waals surface area contributed by atoms with Crippen molar-refractivity contribution >= 4 is 41.6 Å². The van der Waals surface area contributed by atoms with Crippen LogP contribution in [0.4, 0.5) is 11.6 Å². The van der Waals surface area contributed by atoms with Gasteiger partial charge in [0.05, 0.1) is 0 Å². The normalized spacial score (nSPS) is 14.5. The van der Waals surface area contributed by atoms with Gasteiger partial charge >= 0.3 is 0 Å². The molecule has 1 N–H and O–H groups in total. The molecule has 0 spiro atoms. The number of guanidine groups is 1. The second kappa shape index (κ2) is 10.4. The number of rotatable bonds is 4. The molecule has 3 rings (SSSR count). The van der Waals surface area contributed by atoms with E-state index < -0.39 is 0 Å². The zero-order valence-corrected chi connectivity index (χ0v) is 19.4. The quantitative estimate of drug-likeness (QED) is 0.400. The third-order valence-electron chi connectivity index (χ3n) is 4.91. The Hall–Kier alpha value is -2.10. The predicted molar refractivity (Wildman–Crippen MR) is 127 cm³/mol. The number of halogens is 1. The standard InChI is InChI=1S/C20H29N7.HI/c1-16-14-18(25(3)4)7-6-17(16)15-24-19(21-2)26-10-12-27(13-11-26)20-22-8-5-9-23-20;/h5-9,14H,10-13,15H2,1-4H3,(H,21,24);1H. The summed E-state index contributed by atoms with van der Waals surface area (Å²) in [6.45, 7) is 6.51. The van der Waals surface area contributed by atoms with E-state index in [1.165, 1.54) is 16.8 Å². The molecule has 152 valence electrons. The lowest BCUT2D eigenvalue weighted by molar-refractivity contribution is 0.370. The summed E-state index contributed by atoms with van der Waals surface area (Å²) in [4.78, 5) is 19.8. The molecule has 0 amide bonds. The first-order chi connectivity index (χ1) is 13.1. The number of hydrogen-bond donors (Lipinski definition) is 1. The van der Waals surface area contributed by atoms with Gasteiger partial charge in [0.2, 0.25) is 5.95 Å². The van der Waals surface area contributed by atoms with Gasteiger partial charge in [-0.25, -0.2) is 9.97 Å². The Labute approximate surface area is 184 Å². The molecule has 0 bridgehead atoms. The van der Waals surface area contributed by atoms with Crippen LogP contribution in [-0.2, 0) is 6.54 Å². The van der Waals surface area contributed by atoms with Gasteiger partial charge in [-0.3, -0.25) is 4.99 Å². The molecule has 0 aliphatic carbocycles. The summed E-state index contributed by atoms with van der Waals surface area (Å²) in [5.41, 5.74) is 3.80. The molecule has 8 heteroatoms. The number of benzene rings is 1. The van der Waals surface area contributed by atoms with Crippen molar-refractivity contribution in [2.45, 2.75) is 13.5 Å². The number of aryl methyl sites for hydroxylation is 1. The first-order valence-electron chi connectivity index (χ1n) is 9.33. The van der Waals surface area contributed by atoms with Crippen LogP contribution in [0.1, 0.15) is 11.1 Å². The molecular weight excluding hydrogens is 465 g/mol. The van der Waals surface area contributed by atoms with Gasteiger partial charge in [-0.2, -0.15) is 0 Å². The average Bonchev–Trinajstić information content (AvgIpc) is 2.70. The summed E-state index contributed by atoms with van der Waals surface area (Å²) in [7, 11) is 5.97. The predicted octanol–water partition coefficient (Wildman–Crippen LogP) is 2.37. The minimum atomic E-state index is 0. The van der Waals surface area contributed by atoms with Crippen molar-refractivity contribution in [2.75, 3.05) is 57.1 Å². The van der Waals surface area contributed by atoms with E-state index in [0.29, 0.717) is 0 Å². The molecule has 2 aromatic rings. The zero-order valence-electron chi connectivity index (χ0n) is 17.1. The van der Waals surface area contributed by atoms with Crippen LogP contribution in [0.5, 0.6) is 0 Å². The largest absolute Gasteiger partial charge is 0.378 e. The topological polar surface area (TPSA) is 59.9 Å². The molecule has 1 aliphatic rings. The first kappa shape index (κ1) is 22.2. The molecule has 28 heavy (non-hydrogen) atoms. The van der Waals surface area contributed by atoms with Crippen LogP contribution >= 0.6 is 24.0 Å². The van der Waals surface area contributed by atoms with Crippen molar-refractivity contribution in [1.29, 1.82) is 0 Å². The molecule has 0 radical (unpaired) electrons. The highest BCUT2D eigenvalue weighted by atomic mass is 127. The summed E-state index contributed by atoms with van der Waals surface area (Å²) in [6, 6.07) is 8.41. The summed E-state index contributed by atoms with van der Waals surface area (Å²) >= 11 is 0. The Morgan fingerprint density at radius 3 is 2.39 bits per heavy atom. The first-order valence-corrected chi connectivity index (χ1v) is 9.33. The third-order valence-corrected chi connectivity index (χ3v) is 4.91. The lowest BCUT2D eigenvalue weighted by atomic mass is 10.1. The van der Waals surface area contributed by atoms with Crippen molar-refractivity contribution in [2.24, 2.45) is 4.99 Å². The van der Waals surface area contributed by atoms with Gasteiger partial charge in [-0.1, -0.05) is 6.07 Å². The minimum Gasteiger partial charge on any atom is -0.378 e. The summed E-state index contributed by atoms with van der Waals surface area (Å²) in [5.74, 6) is 1.75. The van der Waals surface area contributed by atoms with Crippen molar-refractivity contribution < 1.29 is 0 Å². The van der Waals surface area contributed by atoms with Crippen LogP contribution in [0, 0.1) is 6.92 Å². The number of aliphatic imine (C=N–C) groups is 1. The summed E-state index contributed by atoms with van der Waals surface area (Å²) in [6.07, 6.45) is 3.58. The Morgan fingerprint density at radius 1 is 1.14 bits per heavy atom. The molecule has 1 aromatic heterocycles. The van der Waals surface area contributed by atoms with Crippen molar-refractivity contribution in [3.05, 3.63) is 47.8 Å². The van der Waals surface area contributed by atoms with Crippen LogP contribution in [0.25, 0.3) is 0 Å². The molecule has 2 heterocycles. The van der Waals surface area contributed by atoms with E-state index in [4.69, 9.17) is 0 Å². The smallest absolute Gasteiger partial charge is 0.225 e. The van der Waals surface area contributed by atoms with E-state index in [-0.39, 0.29) is 24.0 Å². The molecule has 1 saturated heterocycles. The minimum absolute atomic E-state index is 0. The molecule has 1 fully saturated rings. The lowest BCUT2D eigenvalue weighted by Gasteiger charge is -2.36. The van der Waals surface area contributed by atoms with Crippen molar-refractivity contribution in [1.82, 2.24) is 20.2 Å². The zero-order chi connectivity index (χ0) is 19.2. The van der Waals surface area contributed by atoms with E-state index in [9.17, 15) is 0 Å². The highest BCUT2D eigenvalue weighted by molar-refractivity contribution is 14.0. The number of hydrogen-bond acceptors (Lipinski definition) is 5. The van der Waals surface area contributed by atoms with E-state index in [1.807, 2.05) is 13.1 Å². The van der Waals surface area contributed by atoms with Crippen LogP contribution in [0.15, 0.2) is 41.7 Å². The number of nitrogens with one attached hydrogen (secondary N) is 1. The fourth-order valence-corrected chi connectivity index (χ4v) is 3.24. The van der Waals surface area contributed by atoms with Gasteiger partial charge in [-0.15, -0.1) is 24.0 Å². The van der Waals surface area contributed by atoms with Gasteiger partial charge in [0.15, 0.2) is 5.96 Å². The molecule has 0 atom stereocenters. The number of piperazine rings is 1. The van der Waals surface area contributed by atoms with E-state index >= 15 is 0 Å². The fraction of sp³-hybridized carbons (Fsp3) is 0.450. The van der Waals surface area contributed by atoms with Gasteiger partial charge in [0.25, 0.3) is 0 Å². The second-order valence-electron chi connectivity index (χ2n) is 6.93. The van der Waals surface area contributed by atoms with E-state index in [1.54, 1.807) is 12.4 Å². The maximum atomic E-state index is 4.47. The lowest BCUT2D eigenvalue weighted by Crippen LogP contribution is -2.52. The van der Waals surface area contributed by atoms with Crippen LogP contribution in [0.2, 0.25) is 0 Å². The van der Waals surface area contributed by atoms with Gasteiger partial charge in [0, 0.05) is 71.9 Å². The molecular formula is C20H30IN7. The number of anilines is 2. The second-order valence-corrected chi connectivity index (χ2v) is 6.93. The van der Waals surface area contributed by atoms with Gasteiger partial charge in [-0.05, 0) is 36.2 Å². The number of aromatic nitrogens is 2. The maximum Gasteiger partial charge on any atom is 0.225 e. The molecule has 0 unspecified atom stereocenters. The Balaban J connectivity index is 0.00000280. The van der Waals surface area contributed by atoms with Gasteiger partial charge in [0.1, 0.15) is 0 Å². The Bertz CT molecular complexity index is 771. The molecule has 0 saturated carbocycles. The van der Waals surface area contributed by atoms with Crippen LogP contribution in [0.3, 0.4) is 0 Å².